The maximum absolute atomic E-state index is 4.83. The Morgan fingerprint density at radius 2 is 1.31 bits per heavy atom. The molecule has 0 atom stereocenters. The average molecular weight is 304 g/mol. The van der Waals surface area contributed by atoms with Crippen LogP contribution in [0.2, 0.25) is 0 Å². The van der Waals surface area contributed by atoms with Gasteiger partial charge in [0.2, 0.25) is 0 Å². The summed E-state index contributed by atoms with van der Waals surface area (Å²) in [5, 5.41) is 0. The second kappa shape index (κ2) is 12.2. The van der Waals surface area contributed by atoms with Crippen molar-refractivity contribution in [1.82, 2.24) is 0 Å². The molecule has 0 nitrogen and oxygen atoms in total. The Kier molecular flexibility index (Phi) is 12.3. The minimum absolute atomic E-state index is 0.226. The number of allylic oxidation sites excluding steroid dienone is 8. The molecule has 0 N–H and O–H groups in total. The second-order valence-electron chi connectivity index (χ2n) is 2.05. The summed E-state index contributed by atoms with van der Waals surface area (Å²) in [6.07, 6.45) is 20.0. The van der Waals surface area contributed by atoms with E-state index in [1.807, 2.05) is 24.3 Å². The Labute approximate surface area is 95.7 Å². The van der Waals surface area contributed by atoms with Crippen LogP contribution in [0, 0.1) is 12.2 Å². The first-order chi connectivity index (χ1) is 6.41. The van der Waals surface area contributed by atoms with E-state index in [4.69, 9.17) is 19.4 Å². The van der Waals surface area contributed by atoms with Crippen molar-refractivity contribution in [3.63, 3.8) is 0 Å². The van der Waals surface area contributed by atoms with E-state index < -0.39 is 0 Å². The first-order valence-electron chi connectivity index (χ1n) is 3.69. The summed E-state index contributed by atoms with van der Waals surface area (Å²) in [7, 11) is 9.67. The Hall–Kier alpha value is 0.163. The van der Waals surface area contributed by atoms with Crippen molar-refractivity contribution < 1.29 is 15.1 Å². The van der Waals surface area contributed by atoms with Crippen molar-refractivity contribution in [2.24, 2.45) is 0 Å². The fourth-order valence-electron chi connectivity index (χ4n) is 0.680. The van der Waals surface area contributed by atoms with Crippen LogP contribution in [0.25, 0.3) is 0 Å². The van der Waals surface area contributed by atoms with Crippen molar-refractivity contribution in [3.05, 3.63) is 48.6 Å². The molecule has 0 unspecified atom stereocenters. The number of halogens is 2. The molecule has 0 aromatic carbocycles. The van der Waals surface area contributed by atoms with Gasteiger partial charge in [0.25, 0.3) is 0 Å². The molecule has 0 saturated heterocycles. The molecule has 0 fully saturated rings. The third-order valence-electron chi connectivity index (χ3n) is 1.17. The van der Waals surface area contributed by atoms with Gasteiger partial charge in [-0.1, -0.05) is 0 Å². The molecule has 0 aromatic rings. The molecule has 0 spiro atoms. The van der Waals surface area contributed by atoms with E-state index >= 15 is 0 Å². The molecule has 0 amide bonds. The van der Waals surface area contributed by atoms with E-state index in [1.165, 1.54) is 0 Å². The molecule has 0 aliphatic heterocycles. The molecular weight excluding hydrogens is 294 g/mol. The molecule has 2 aliphatic carbocycles. The molecule has 0 heterocycles. The maximum atomic E-state index is 4.83. The van der Waals surface area contributed by atoms with Gasteiger partial charge in [-0.15, -0.1) is 12.8 Å². The van der Waals surface area contributed by atoms with Crippen LogP contribution < -0.4 is 0 Å². The molecule has 0 radical (unpaired) electrons. The zero-order chi connectivity index (χ0) is 9.78. The van der Waals surface area contributed by atoms with Gasteiger partial charge in [0.05, 0.1) is 0 Å². The zero-order valence-electron chi connectivity index (χ0n) is 6.97. The SMILES string of the molecule is [C-]1=CC=CC1.[C-]1=CC=CC1.[Cl][Rh][Cl]. The summed E-state index contributed by atoms with van der Waals surface area (Å²) in [6, 6.07) is 0. The molecule has 75 valence electrons. The fourth-order valence-corrected chi connectivity index (χ4v) is 0.680. The Bertz CT molecular complexity index is 163. The van der Waals surface area contributed by atoms with E-state index in [0.717, 1.165) is 12.8 Å². The van der Waals surface area contributed by atoms with Crippen molar-refractivity contribution in [3.8, 4) is 0 Å². The van der Waals surface area contributed by atoms with Crippen molar-refractivity contribution >= 4 is 19.4 Å². The van der Waals surface area contributed by atoms with E-state index in [-0.39, 0.29) is 15.1 Å². The normalized spacial score (nSPS) is 15.2. The average Bonchev–Trinajstić information content (AvgIpc) is 2.85. The summed E-state index contributed by atoms with van der Waals surface area (Å²) in [6.45, 7) is 0. The fraction of sp³-hybridized carbons (Fsp3) is 0.200. The Morgan fingerprint density at radius 1 is 0.923 bits per heavy atom. The molecule has 2 rings (SSSR count). The van der Waals surface area contributed by atoms with Crippen molar-refractivity contribution in [2.75, 3.05) is 0 Å². The van der Waals surface area contributed by atoms with Gasteiger partial charge in [0.15, 0.2) is 0 Å². The number of rotatable bonds is 0. The van der Waals surface area contributed by atoms with Crippen molar-refractivity contribution in [1.29, 1.82) is 0 Å². The van der Waals surface area contributed by atoms with Crippen molar-refractivity contribution in [2.45, 2.75) is 12.8 Å². The molecule has 0 aromatic heterocycles. The van der Waals surface area contributed by atoms with E-state index in [0.29, 0.717) is 0 Å². The minimum atomic E-state index is -0.226. The van der Waals surface area contributed by atoms with E-state index in [1.54, 1.807) is 0 Å². The summed E-state index contributed by atoms with van der Waals surface area (Å²) < 4.78 is 0. The predicted octanol–water partition coefficient (Wildman–Crippen LogP) is 3.99. The van der Waals surface area contributed by atoms with Crippen LogP contribution >= 0.6 is 19.4 Å². The van der Waals surface area contributed by atoms with Gasteiger partial charge in [0.1, 0.15) is 0 Å². The first kappa shape index (κ1) is 13.2. The third-order valence-corrected chi connectivity index (χ3v) is 1.17. The van der Waals surface area contributed by atoms with Gasteiger partial charge in [-0.3, -0.25) is 12.2 Å². The molecule has 0 bridgehead atoms. The van der Waals surface area contributed by atoms with Crippen LogP contribution in [0.1, 0.15) is 12.8 Å². The molecular formula is C10H10Cl2Rh-2. The van der Waals surface area contributed by atoms with Crippen LogP contribution in [0.15, 0.2) is 36.5 Å². The predicted molar refractivity (Wildman–Crippen MR) is 54.8 cm³/mol. The van der Waals surface area contributed by atoms with Crippen LogP contribution in [0.5, 0.6) is 0 Å². The summed E-state index contributed by atoms with van der Waals surface area (Å²) >= 11 is -0.226. The molecule has 13 heavy (non-hydrogen) atoms. The quantitative estimate of drug-likeness (QED) is 0.469. The Morgan fingerprint density at radius 3 is 1.38 bits per heavy atom. The summed E-state index contributed by atoms with van der Waals surface area (Å²) in [4.78, 5) is 0. The Balaban J connectivity index is 0.000000174. The van der Waals surface area contributed by atoms with E-state index in [2.05, 4.69) is 24.3 Å². The summed E-state index contributed by atoms with van der Waals surface area (Å²) in [5.74, 6) is 0. The van der Waals surface area contributed by atoms with Crippen LogP contribution in [0.3, 0.4) is 0 Å². The van der Waals surface area contributed by atoms with Crippen LogP contribution in [0.4, 0.5) is 0 Å². The first-order valence-corrected chi connectivity index (χ1v) is 7.91. The molecule has 2 aliphatic rings. The molecule has 0 saturated carbocycles. The molecule has 3 heteroatoms. The van der Waals surface area contributed by atoms with Gasteiger partial charge >= 0.3 is 34.5 Å². The van der Waals surface area contributed by atoms with E-state index in [9.17, 15) is 0 Å². The number of hydrogen-bond acceptors (Lipinski definition) is 0. The van der Waals surface area contributed by atoms with Crippen LogP contribution in [-0.2, 0) is 15.1 Å². The topological polar surface area (TPSA) is 0 Å². The summed E-state index contributed by atoms with van der Waals surface area (Å²) in [5.41, 5.74) is 0. The standard InChI is InChI=1S/2C5H5.2ClH.Rh/c2*1-2-4-5-3-1;;;/h2*1-3H,4H2;2*1H;/q2*-1;;;+2/p-2. The monoisotopic (exact) mass is 303 g/mol. The third kappa shape index (κ3) is 12.2. The van der Waals surface area contributed by atoms with Gasteiger partial charge in [0, 0.05) is 0 Å². The van der Waals surface area contributed by atoms with Gasteiger partial charge in [-0.2, -0.15) is 12.2 Å². The van der Waals surface area contributed by atoms with Gasteiger partial charge < -0.3 is 0 Å². The van der Waals surface area contributed by atoms with Crippen LogP contribution in [-0.4, -0.2) is 0 Å². The second-order valence-corrected chi connectivity index (χ2v) is 4.54. The number of hydrogen-bond donors (Lipinski definition) is 0. The van der Waals surface area contributed by atoms with Gasteiger partial charge in [-0.25, -0.2) is 24.3 Å². The van der Waals surface area contributed by atoms with Gasteiger partial charge in [-0.05, 0) is 0 Å². The zero-order valence-corrected chi connectivity index (χ0v) is 10.1.